The molecule has 8 aliphatic rings. The number of aliphatic hydroxyl groups is 1. The topological polar surface area (TPSA) is 113 Å². The average Bonchev–Trinajstić information content (AvgIpc) is 3.31. The number of amides is 1. The molecule has 13 atom stereocenters. The minimum Gasteiger partial charge on any atom is -0.444 e. The number of nitrogens with zero attached hydrogens (tertiary/aromatic N) is 3. The maximum absolute atomic E-state index is 15.1. The minimum atomic E-state index is -0.951. The Morgan fingerprint density at radius 1 is 1.02 bits per heavy atom. The number of aromatic nitrogens is 2. The van der Waals surface area contributed by atoms with Gasteiger partial charge in [0, 0.05) is 35.5 Å². The van der Waals surface area contributed by atoms with Gasteiger partial charge in [0.15, 0.2) is 0 Å². The quantitative estimate of drug-likeness (QED) is 0.242. The SMILES string of the molecule is CC1=CC(n2nc3c(c2N[C@@H](C)NC24C5CC2C2C4C4CC5C42N[C@@H](O)OC(C)(C)C)[C@H](C)N(C(=O)OC(C)(C)C)CC3)C(C)C(C)=C1F. The lowest BCUT2D eigenvalue weighted by molar-refractivity contribution is -0.462. The van der Waals surface area contributed by atoms with Crippen molar-refractivity contribution in [1.29, 1.82) is 0 Å². The normalized spacial score (nSPS) is 41.0. The number of halogens is 1. The summed E-state index contributed by atoms with van der Waals surface area (Å²) in [5, 5.41) is 27.7. The summed E-state index contributed by atoms with van der Waals surface area (Å²) >= 11 is 0. The van der Waals surface area contributed by atoms with Crippen molar-refractivity contribution in [2.24, 2.45) is 41.4 Å². The largest absolute Gasteiger partial charge is 0.444 e. The lowest BCUT2D eigenvalue weighted by atomic mass is 9.10. The van der Waals surface area contributed by atoms with E-state index in [0.717, 1.165) is 22.6 Å². The summed E-state index contributed by atoms with van der Waals surface area (Å²) in [6.07, 6.45) is 3.76. The van der Waals surface area contributed by atoms with E-state index >= 15 is 4.39 Å². The maximum atomic E-state index is 15.1. The number of hydrogen-bond acceptors (Lipinski definition) is 8. The number of carbonyl (C=O) groups excluding carboxylic acids is 1. The molecule has 0 saturated heterocycles. The Bertz CT molecular complexity index is 1630. The maximum Gasteiger partial charge on any atom is 0.410 e. The van der Waals surface area contributed by atoms with Crippen LogP contribution in [-0.2, 0) is 15.9 Å². The van der Waals surface area contributed by atoms with Crippen LogP contribution in [0.5, 0.6) is 0 Å². The number of rotatable bonds is 8. The molecule has 7 aliphatic carbocycles. The van der Waals surface area contributed by atoms with Gasteiger partial charge in [0.25, 0.3) is 0 Å². The van der Waals surface area contributed by atoms with Crippen LogP contribution in [0.3, 0.4) is 0 Å². The van der Waals surface area contributed by atoms with Crippen LogP contribution in [0.1, 0.15) is 112 Å². The van der Waals surface area contributed by atoms with Crippen molar-refractivity contribution in [3.8, 4) is 0 Å². The van der Waals surface area contributed by atoms with Crippen molar-refractivity contribution in [2.75, 3.05) is 11.9 Å². The smallest absolute Gasteiger partial charge is 0.410 e. The number of aliphatic hydroxyl groups excluding tert-OH is 1. The van der Waals surface area contributed by atoms with E-state index in [9.17, 15) is 9.90 Å². The Morgan fingerprint density at radius 3 is 2.20 bits per heavy atom. The number of fused-ring (bicyclic) bond motifs is 1. The summed E-state index contributed by atoms with van der Waals surface area (Å²) in [5.41, 5.74) is 2.47. The van der Waals surface area contributed by atoms with Gasteiger partial charge in [0.05, 0.1) is 29.5 Å². The van der Waals surface area contributed by atoms with Gasteiger partial charge in [-0.3, -0.25) is 10.6 Å². The molecule has 4 N–H and O–H groups in total. The van der Waals surface area contributed by atoms with Gasteiger partial charge < -0.3 is 24.8 Å². The second-order valence-corrected chi connectivity index (χ2v) is 18.4. The first kappa shape index (κ1) is 33.7. The molecule has 0 spiro atoms. The fourth-order valence-electron chi connectivity index (χ4n) is 11.9. The second-order valence-electron chi connectivity index (χ2n) is 18.4. The molecule has 6 fully saturated rings. The molecular formula is C38H57FN6O4. The fraction of sp³-hybridized carbons (Fsp3) is 0.789. The van der Waals surface area contributed by atoms with E-state index in [-0.39, 0.29) is 47.2 Å². The van der Waals surface area contributed by atoms with Crippen LogP contribution < -0.4 is 16.0 Å². The number of allylic oxidation sites excluding steroid dienone is 4. The summed E-state index contributed by atoms with van der Waals surface area (Å²) in [6, 6.07) is -0.412. The van der Waals surface area contributed by atoms with Crippen molar-refractivity contribution in [3.63, 3.8) is 0 Å². The monoisotopic (exact) mass is 680 g/mol. The highest BCUT2D eigenvalue weighted by molar-refractivity contribution is 5.70. The average molecular weight is 681 g/mol. The highest BCUT2D eigenvalue weighted by Gasteiger charge is 2.96. The number of carbonyl (C=O) groups is 1. The first-order chi connectivity index (χ1) is 22.8. The fourth-order valence-corrected chi connectivity index (χ4v) is 11.9. The van der Waals surface area contributed by atoms with E-state index in [1.54, 1.807) is 0 Å². The molecular weight excluding hydrogens is 623 g/mol. The Kier molecular flexibility index (Phi) is 7.24. The van der Waals surface area contributed by atoms with E-state index in [4.69, 9.17) is 14.6 Å². The lowest BCUT2D eigenvalue weighted by Crippen LogP contribution is -3.06. The Hall–Kier alpha value is -2.47. The molecule has 1 aliphatic heterocycles. The van der Waals surface area contributed by atoms with Crippen LogP contribution in [0.15, 0.2) is 23.0 Å². The van der Waals surface area contributed by atoms with Crippen molar-refractivity contribution in [2.45, 2.75) is 142 Å². The third kappa shape index (κ3) is 4.50. The molecule has 1 aromatic rings. The molecule has 1 aromatic heterocycles. The molecule has 270 valence electrons. The Labute approximate surface area is 290 Å². The number of hydrogen-bond donors (Lipinski definition) is 4. The van der Waals surface area contributed by atoms with Crippen molar-refractivity contribution < 1.29 is 23.8 Å². The zero-order chi connectivity index (χ0) is 35.3. The summed E-state index contributed by atoms with van der Waals surface area (Å²) in [6.45, 7) is 22.2. The minimum absolute atomic E-state index is 0.0171. The van der Waals surface area contributed by atoms with Crippen LogP contribution in [0.2, 0.25) is 0 Å². The molecule has 9 rings (SSSR count). The van der Waals surface area contributed by atoms with Gasteiger partial charge in [-0.25, -0.2) is 13.9 Å². The lowest BCUT2D eigenvalue weighted by Gasteiger charge is -2.98. The van der Waals surface area contributed by atoms with Gasteiger partial charge >= 0.3 is 6.09 Å². The van der Waals surface area contributed by atoms with Gasteiger partial charge in [-0.15, -0.1) is 0 Å². The number of ether oxygens (including phenoxy) is 2. The van der Waals surface area contributed by atoms with Crippen molar-refractivity contribution >= 4 is 11.9 Å². The number of anilines is 1. The molecule has 8 bridgehead atoms. The van der Waals surface area contributed by atoms with E-state index in [1.807, 2.05) is 66.4 Å². The molecule has 2 heterocycles. The van der Waals surface area contributed by atoms with Crippen LogP contribution >= 0.6 is 0 Å². The summed E-state index contributed by atoms with van der Waals surface area (Å²) in [4.78, 5) is 15.2. The van der Waals surface area contributed by atoms with E-state index in [1.165, 1.54) is 12.8 Å². The predicted octanol–water partition coefficient (Wildman–Crippen LogP) is 6.17. The zero-order valence-electron chi connectivity index (χ0n) is 31.1. The molecule has 0 aromatic carbocycles. The molecule has 11 heteroatoms. The van der Waals surface area contributed by atoms with Gasteiger partial charge in [-0.05, 0) is 129 Å². The van der Waals surface area contributed by atoms with E-state index < -0.39 is 17.6 Å². The zero-order valence-corrected chi connectivity index (χ0v) is 31.1. The second kappa shape index (κ2) is 10.5. The van der Waals surface area contributed by atoms with Gasteiger partial charge in [-0.2, -0.15) is 5.10 Å². The Balaban J connectivity index is 1.07. The first-order valence-electron chi connectivity index (χ1n) is 18.6. The molecule has 10 unspecified atom stereocenters. The molecule has 6 saturated carbocycles. The summed E-state index contributed by atoms with van der Waals surface area (Å²) in [5.74, 6) is 4.08. The highest BCUT2D eigenvalue weighted by atomic mass is 19.1. The molecule has 0 radical (unpaired) electrons. The van der Waals surface area contributed by atoms with Crippen LogP contribution in [0.4, 0.5) is 15.0 Å². The standard InChI is InChI=1S/C38H57FN6O4/c1-17-14-27(18(2)19(3)31(17)39)45-32(28-20(4)44(13-12-26(28)43-45)34(47)49-36(9,10)11)40-21(5)41-37-22-15-24(37)30-29(37)25-16-23(22)38(25,30)42-33(46)48-35(6,7)8/h14,18,20-25,27,29-30,33,40-42,46H,12-13,15-16H2,1-11H3/t18?,20-,21+,22?,23?,24?,25?,27?,29?,30?,33-,37?,38?/m0/s1. The molecule has 49 heavy (non-hydrogen) atoms. The highest BCUT2D eigenvalue weighted by Crippen LogP contribution is 2.91. The van der Waals surface area contributed by atoms with Crippen LogP contribution in [-0.4, -0.2) is 67.3 Å². The van der Waals surface area contributed by atoms with E-state index in [2.05, 4.69) is 41.4 Å². The molecule has 10 nitrogen and oxygen atoms in total. The van der Waals surface area contributed by atoms with Gasteiger partial charge in [0.2, 0.25) is 6.41 Å². The Morgan fingerprint density at radius 2 is 1.63 bits per heavy atom. The third-order valence-corrected chi connectivity index (χ3v) is 13.7. The number of nitrogens with one attached hydrogen (secondary N) is 3. The molecule has 1 amide bonds. The van der Waals surface area contributed by atoms with Crippen LogP contribution in [0, 0.1) is 41.4 Å². The summed E-state index contributed by atoms with van der Waals surface area (Å²) in [7, 11) is 0. The van der Waals surface area contributed by atoms with Gasteiger partial charge in [-0.1, -0.05) is 13.0 Å². The van der Waals surface area contributed by atoms with Gasteiger partial charge in [0.1, 0.15) is 17.2 Å². The first-order valence-corrected chi connectivity index (χ1v) is 18.6. The van der Waals surface area contributed by atoms with E-state index in [0.29, 0.717) is 54.0 Å². The summed E-state index contributed by atoms with van der Waals surface area (Å²) < 4.78 is 28.8. The third-order valence-electron chi connectivity index (χ3n) is 13.7. The van der Waals surface area contributed by atoms with Crippen molar-refractivity contribution in [1.82, 2.24) is 25.3 Å². The predicted molar refractivity (Wildman–Crippen MR) is 185 cm³/mol. The van der Waals surface area contributed by atoms with Crippen LogP contribution in [0.25, 0.3) is 0 Å². The van der Waals surface area contributed by atoms with Crippen molar-refractivity contribution in [3.05, 3.63) is 34.3 Å².